The van der Waals surface area contributed by atoms with E-state index in [1.807, 2.05) is 24.3 Å². The van der Waals surface area contributed by atoms with Crippen LogP contribution in [0.5, 0.6) is 0 Å². The van der Waals surface area contributed by atoms with E-state index in [1.165, 1.54) is 0 Å². The number of hydrogen-bond acceptors (Lipinski definition) is 0. The second kappa shape index (κ2) is 9.15. The van der Waals surface area contributed by atoms with Gasteiger partial charge in [-0.25, -0.2) is 5.11 Å². The summed E-state index contributed by atoms with van der Waals surface area (Å²) in [5, 5.41) is 12.9. The maximum atomic E-state index is 10.6. The first kappa shape index (κ1) is 18.9. The highest BCUT2D eigenvalue weighted by Gasteiger charge is 2.16. The normalized spacial score (nSPS) is 12.4. The van der Waals surface area contributed by atoms with E-state index in [1.54, 1.807) is 12.1 Å². The van der Waals surface area contributed by atoms with Crippen molar-refractivity contribution in [2.45, 2.75) is 31.6 Å². The lowest BCUT2D eigenvalue weighted by molar-refractivity contribution is 0.186. The zero-order valence-electron chi connectivity index (χ0n) is 12.5. The van der Waals surface area contributed by atoms with E-state index < -0.39 is 0 Å². The molecule has 0 N–H and O–H groups in total. The number of rotatable bonds is 7. The summed E-state index contributed by atoms with van der Waals surface area (Å²) in [5.74, 6) is 0.118. The van der Waals surface area contributed by atoms with Gasteiger partial charge in [0.2, 0.25) is 0 Å². The largest absolute Gasteiger partial charge is 0.237 e. The average molecular weight is 391 g/mol. The first-order chi connectivity index (χ1) is 11.0. The third-order valence-corrected chi connectivity index (χ3v) is 4.95. The number of halogens is 4. The van der Waals surface area contributed by atoms with Crippen molar-refractivity contribution in [3.05, 3.63) is 67.6 Å². The molecule has 0 heterocycles. The molecule has 2 aromatic carbocycles. The van der Waals surface area contributed by atoms with Gasteiger partial charge in [0.05, 0.1) is 16.7 Å². The predicted molar refractivity (Wildman–Crippen MR) is 98.8 cm³/mol. The van der Waals surface area contributed by atoms with Gasteiger partial charge in [-0.1, -0.05) is 65.3 Å². The van der Waals surface area contributed by atoms with Crippen LogP contribution in [0, 0.1) is 0 Å². The van der Waals surface area contributed by atoms with Crippen LogP contribution in [0.2, 0.25) is 20.1 Å². The van der Waals surface area contributed by atoms with Gasteiger partial charge in [-0.2, -0.15) is 0 Å². The van der Waals surface area contributed by atoms with Crippen LogP contribution in [-0.2, 0) is 5.11 Å². The lowest BCUT2D eigenvalue weighted by Crippen LogP contribution is -2.02. The standard InChI is InChI=1S/C18H17Cl4O/c19-14-8-13(9-15(20)11-14)16(4-2-1-3-7-23)12-5-6-17(21)18(22)10-12/h5-6,8-11,16H,1-4,7H2. The zero-order valence-corrected chi connectivity index (χ0v) is 15.5. The molecule has 1 atom stereocenters. The Bertz CT molecular complexity index is 637. The second-order valence-electron chi connectivity index (χ2n) is 5.48. The molecule has 2 rings (SSSR count). The van der Waals surface area contributed by atoms with Crippen molar-refractivity contribution in [1.29, 1.82) is 0 Å². The van der Waals surface area contributed by atoms with Crippen molar-refractivity contribution >= 4 is 46.4 Å². The van der Waals surface area contributed by atoms with Crippen molar-refractivity contribution in [1.82, 2.24) is 0 Å². The Morgan fingerprint density at radius 1 is 0.739 bits per heavy atom. The van der Waals surface area contributed by atoms with Crippen LogP contribution in [0.15, 0.2) is 36.4 Å². The topological polar surface area (TPSA) is 19.9 Å². The molecule has 2 aromatic rings. The molecule has 0 aliphatic heterocycles. The molecule has 123 valence electrons. The van der Waals surface area contributed by atoms with Crippen LogP contribution in [0.4, 0.5) is 0 Å². The fourth-order valence-corrected chi connectivity index (χ4v) is 3.51. The monoisotopic (exact) mass is 389 g/mol. The maximum absolute atomic E-state index is 10.6. The number of hydrogen-bond donors (Lipinski definition) is 0. The van der Waals surface area contributed by atoms with E-state index in [-0.39, 0.29) is 12.5 Å². The molecule has 0 spiro atoms. The Labute approximate surface area is 157 Å². The number of unbranched alkanes of at least 4 members (excludes halogenated alkanes) is 2. The predicted octanol–water partition coefficient (Wildman–Crippen LogP) is 7.42. The first-order valence-corrected chi connectivity index (χ1v) is 9.01. The highest BCUT2D eigenvalue weighted by Crippen LogP contribution is 2.36. The molecular formula is C18H17Cl4O. The third kappa shape index (κ3) is 5.55. The molecule has 23 heavy (non-hydrogen) atoms. The van der Waals surface area contributed by atoms with Crippen LogP contribution in [-0.4, -0.2) is 6.61 Å². The summed E-state index contributed by atoms with van der Waals surface area (Å²) in [5.41, 5.74) is 2.11. The van der Waals surface area contributed by atoms with E-state index in [0.717, 1.165) is 30.4 Å². The molecule has 0 aliphatic rings. The summed E-state index contributed by atoms with van der Waals surface area (Å²) in [6, 6.07) is 11.2. The molecule has 1 nitrogen and oxygen atoms in total. The Kier molecular flexibility index (Phi) is 7.52. The van der Waals surface area contributed by atoms with Gasteiger partial charge in [-0.3, -0.25) is 0 Å². The van der Waals surface area contributed by atoms with Gasteiger partial charge >= 0.3 is 0 Å². The van der Waals surface area contributed by atoms with Gasteiger partial charge in [0.15, 0.2) is 0 Å². The van der Waals surface area contributed by atoms with Crippen LogP contribution >= 0.6 is 46.4 Å². The Hall–Kier alpha value is -0.440. The fourth-order valence-electron chi connectivity index (χ4n) is 2.66. The van der Waals surface area contributed by atoms with Crippen molar-refractivity contribution in [3.8, 4) is 0 Å². The minimum atomic E-state index is -0.0273. The van der Waals surface area contributed by atoms with Crippen LogP contribution in [0.25, 0.3) is 0 Å². The summed E-state index contributed by atoms with van der Waals surface area (Å²) >= 11 is 24.5. The molecule has 5 heteroatoms. The van der Waals surface area contributed by atoms with Gasteiger partial charge in [0, 0.05) is 16.0 Å². The second-order valence-corrected chi connectivity index (χ2v) is 7.17. The van der Waals surface area contributed by atoms with Crippen molar-refractivity contribution < 1.29 is 5.11 Å². The minimum Gasteiger partial charge on any atom is -0.237 e. The quantitative estimate of drug-likeness (QED) is 0.438. The van der Waals surface area contributed by atoms with Gasteiger partial charge in [-0.15, -0.1) is 0 Å². The Balaban J connectivity index is 2.32. The molecule has 0 amide bonds. The van der Waals surface area contributed by atoms with E-state index in [9.17, 15) is 5.11 Å². The molecule has 0 bridgehead atoms. The molecule has 1 unspecified atom stereocenters. The van der Waals surface area contributed by atoms with E-state index in [2.05, 4.69) is 0 Å². The molecule has 0 aliphatic carbocycles. The molecule has 0 fully saturated rings. The average Bonchev–Trinajstić information content (AvgIpc) is 2.49. The highest BCUT2D eigenvalue weighted by molar-refractivity contribution is 6.42. The SMILES string of the molecule is [O]CCCCCC(c1cc(Cl)cc(Cl)c1)c1ccc(Cl)c(Cl)c1. The van der Waals surface area contributed by atoms with Gasteiger partial charge in [0.1, 0.15) is 0 Å². The number of benzene rings is 2. The maximum Gasteiger partial charge on any atom is 0.0822 e. The lowest BCUT2D eigenvalue weighted by Gasteiger charge is -2.19. The van der Waals surface area contributed by atoms with Gasteiger partial charge < -0.3 is 0 Å². The fraction of sp³-hybridized carbons (Fsp3) is 0.333. The van der Waals surface area contributed by atoms with E-state index in [0.29, 0.717) is 26.5 Å². The molecule has 0 saturated carbocycles. The van der Waals surface area contributed by atoms with E-state index in [4.69, 9.17) is 46.4 Å². The Morgan fingerprint density at radius 2 is 1.43 bits per heavy atom. The van der Waals surface area contributed by atoms with Crippen LogP contribution < -0.4 is 0 Å². The lowest BCUT2D eigenvalue weighted by atomic mass is 9.87. The van der Waals surface area contributed by atoms with Crippen molar-refractivity contribution in [3.63, 3.8) is 0 Å². The summed E-state index contributed by atoms with van der Waals surface area (Å²) in [6.45, 7) is -0.0273. The summed E-state index contributed by atoms with van der Waals surface area (Å²) in [6.07, 6.45) is 3.46. The summed E-state index contributed by atoms with van der Waals surface area (Å²) < 4.78 is 0. The molecule has 1 radical (unpaired) electrons. The van der Waals surface area contributed by atoms with Gasteiger partial charge in [-0.05, 0) is 54.3 Å². The molecular weight excluding hydrogens is 374 g/mol. The highest BCUT2D eigenvalue weighted by atomic mass is 35.5. The zero-order chi connectivity index (χ0) is 16.8. The van der Waals surface area contributed by atoms with E-state index >= 15 is 0 Å². The van der Waals surface area contributed by atoms with Crippen molar-refractivity contribution in [2.24, 2.45) is 0 Å². The van der Waals surface area contributed by atoms with Crippen LogP contribution in [0.3, 0.4) is 0 Å². The minimum absolute atomic E-state index is 0.0273. The van der Waals surface area contributed by atoms with Gasteiger partial charge in [0.25, 0.3) is 0 Å². The van der Waals surface area contributed by atoms with Crippen molar-refractivity contribution in [2.75, 3.05) is 6.61 Å². The molecule has 0 saturated heterocycles. The Morgan fingerprint density at radius 3 is 2.04 bits per heavy atom. The smallest absolute Gasteiger partial charge is 0.0822 e. The molecule has 0 aromatic heterocycles. The first-order valence-electron chi connectivity index (χ1n) is 7.50. The van der Waals surface area contributed by atoms with Crippen LogP contribution in [0.1, 0.15) is 42.7 Å². The third-order valence-electron chi connectivity index (χ3n) is 3.77. The summed E-state index contributed by atoms with van der Waals surface area (Å²) in [4.78, 5) is 0. The summed E-state index contributed by atoms with van der Waals surface area (Å²) in [7, 11) is 0.